The van der Waals surface area contributed by atoms with Crippen LogP contribution in [-0.2, 0) is 0 Å². The monoisotopic (exact) mass is 374 g/mol. The quantitative estimate of drug-likeness (QED) is 0.655. The number of alkyl halides is 2. The van der Waals surface area contributed by atoms with Crippen molar-refractivity contribution >= 4 is 34.2 Å². The average molecular weight is 376 g/mol. The van der Waals surface area contributed by atoms with Crippen LogP contribution in [0.4, 0.5) is 8.78 Å². The number of ether oxygens (including phenoxy) is 1. The lowest BCUT2D eigenvalue weighted by Crippen LogP contribution is -2.01. The molecule has 0 unspecified atom stereocenters. The second kappa shape index (κ2) is 6.41. The number of hydrogen-bond acceptors (Lipinski definition) is 2. The molecule has 3 nitrogen and oxygen atoms in total. The summed E-state index contributed by atoms with van der Waals surface area (Å²) in [7, 11) is 0. The molecule has 3 aromatic rings. The minimum Gasteiger partial charge on any atom is -0.435 e. The predicted octanol–water partition coefficient (Wildman–Crippen LogP) is 4.83. The Bertz CT molecular complexity index is 746. The first-order valence-electron chi connectivity index (χ1n) is 5.81. The number of fused-ring (bicyclic) bond motifs is 1. The van der Waals surface area contributed by atoms with Crippen molar-refractivity contribution in [1.29, 1.82) is 0 Å². The van der Waals surface area contributed by atoms with Gasteiger partial charge in [0.15, 0.2) is 0 Å². The molecule has 0 saturated heterocycles. The van der Waals surface area contributed by atoms with Crippen LogP contribution in [0.15, 0.2) is 48.8 Å². The van der Waals surface area contributed by atoms with E-state index in [0.717, 1.165) is 16.9 Å². The second-order valence-electron chi connectivity index (χ2n) is 4.14. The molecule has 0 amide bonds. The summed E-state index contributed by atoms with van der Waals surface area (Å²) < 4.78 is 30.3. The highest BCUT2D eigenvalue weighted by atomic mass is 79.9. The molecule has 0 atom stereocenters. The zero-order valence-electron chi connectivity index (χ0n) is 10.5. The Balaban J connectivity index is 0.00000161. The Hall–Kier alpha value is -1.66. The number of benzene rings is 1. The van der Waals surface area contributed by atoms with Crippen LogP contribution in [0.25, 0.3) is 16.9 Å². The van der Waals surface area contributed by atoms with Crippen LogP contribution < -0.4 is 4.74 Å². The maximum absolute atomic E-state index is 12.1. The Morgan fingerprint density at radius 1 is 1.05 bits per heavy atom. The number of hydrogen-bond donors (Lipinski definition) is 0. The highest BCUT2D eigenvalue weighted by Crippen LogP contribution is 2.23. The van der Waals surface area contributed by atoms with Gasteiger partial charge in [0.1, 0.15) is 11.4 Å². The maximum atomic E-state index is 12.1. The van der Waals surface area contributed by atoms with Crippen molar-refractivity contribution in [3.63, 3.8) is 0 Å². The summed E-state index contributed by atoms with van der Waals surface area (Å²) in [5.41, 5.74) is 2.31. The Morgan fingerprint density at radius 3 is 2.43 bits per heavy atom. The topological polar surface area (TPSA) is 26.5 Å². The number of halogens is 4. The minimum atomic E-state index is -2.82. The number of aromatic nitrogens is 2. The van der Waals surface area contributed by atoms with E-state index >= 15 is 0 Å². The molecule has 2 heterocycles. The molecule has 0 aliphatic carbocycles. The molecule has 7 heteroatoms. The fraction of sp³-hybridized carbons (Fsp3) is 0.0714. The molecule has 2 aromatic heterocycles. The van der Waals surface area contributed by atoms with E-state index in [1.807, 2.05) is 6.20 Å². The van der Waals surface area contributed by atoms with Gasteiger partial charge in [-0.25, -0.2) is 4.98 Å². The van der Waals surface area contributed by atoms with E-state index in [0.29, 0.717) is 5.02 Å². The van der Waals surface area contributed by atoms with E-state index in [-0.39, 0.29) is 22.7 Å². The molecule has 0 saturated carbocycles. The lowest BCUT2D eigenvalue weighted by molar-refractivity contribution is -0.0498. The first-order valence-corrected chi connectivity index (χ1v) is 6.19. The number of imidazole rings is 1. The van der Waals surface area contributed by atoms with Crippen LogP contribution >= 0.6 is 28.6 Å². The van der Waals surface area contributed by atoms with Gasteiger partial charge in [-0.2, -0.15) is 8.78 Å². The molecule has 0 aliphatic rings. The van der Waals surface area contributed by atoms with Gasteiger partial charge in [-0.1, -0.05) is 11.6 Å². The molecule has 0 fully saturated rings. The highest BCUT2D eigenvalue weighted by molar-refractivity contribution is 8.93. The molecule has 0 N–H and O–H groups in total. The first-order chi connectivity index (χ1) is 9.61. The van der Waals surface area contributed by atoms with E-state index in [2.05, 4.69) is 9.72 Å². The molecule has 3 rings (SSSR count). The van der Waals surface area contributed by atoms with Gasteiger partial charge in [0, 0.05) is 18.0 Å². The standard InChI is InChI=1S/C14H9ClF2N2O.BrH/c15-10-3-6-13-18-12(8-19(13)7-10)9-1-4-11(5-2-9)20-14(16)17;/h1-8,14H;1H. The Kier molecular flexibility index (Phi) is 4.80. The second-order valence-corrected chi connectivity index (χ2v) is 4.58. The number of pyridine rings is 1. The van der Waals surface area contributed by atoms with Crippen molar-refractivity contribution in [2.75, 3.05) is 0 Å². The van der Waals surface area contributed by atoms with Crippen molar-refractivity contribution in [3.05, 3.63) is 53.8 Å². The van der Waals surface area contributed by atoms with Gasteiger partial charge in [0.25, 0.3) is 0 Å². The van der Waals surface area contributed by atoms with E-state index in [9.17, 15) is 8.78 Å². The van der Waals surface area contributed by atoms with Crippen LogP contribution in [0.2, 0.25) is 5.02 Å². The van der Waals surface area contributed by atoms with Crippen LogP contribution in [0, 0.1) is 0 Å². The molecular weight excluding hydrogens is 366 g/mol. The van der Waals surface area contributed by atoms with Gasteiger partial charge in [0.2, 0.25) is 0 Å². The van der Waals surface area contributed by atoms with E-state index < -0.39 is 6.61 Å². The van der Waals surface area contributed by atoms with Gasteiger partial charge in [-0.15, -0.1) is 17.0 Å². The molecular formula is C14H10BrClF2N2O. The Labute approximate surface area is 134 Å². The molecule has 0 spiro atoms. The fourth-order valence-electron chi connectivity index (χ4n) is 1.91. The largest absolute Gasteiger partial charge is 0.435 e. The zero-order chi connectivity index (χ0) is 14.1. The van der Waals surface area contributed by atoms with Gasteiger partial charge in [-0.05, 0) is 36.4 Å². The number of rotatable bonds is 3. The zero-order valence-corrected chi connectivity index (χ0v) is 13.0. The van der Waals surface area contributed by atoms with Gasteiger partial charge < -0.3 is 9.14 Å². The van der Waals surface area contributed by atoms with Crippen molar-refractivity contribution < 1.29 is 13.5 Å². The van der Waals surface area contributed by atoms with Crippen molar-refractivity contribution in [2.45, 2.75) is 6.61 Å². The van der Waals surface area contributed by atoms with Gasteiger partial charge in [0.05, 0.1) is 10.7 Å². The average Bonchev–Trinajstić information content (AvgIpc) is 2.81. The summed E-state index contributed by atoms with van der Waals surface area (Å²) in [6.07, 6.45) is 3.58. The fourth-order valence-corrected chi connectivity index (χ4v) is 2.08. The molecule has 0 bridgehead atoms. The lowest BCUT2D eigenvalue weighted by atomic mass is 10.2. The van der Waals surface area contributed by atoms with Crippen molar-refractivity contribution in [3.8, 4) is 17.0 Å². The lowest BCUT2D eigenvalue weighted by Gasteiger charge is -2.04. The summed E-state index contributed by atoms with van der Waals surface area (Å²) in [6, 6.07) is 9.90. The maximum Gasteiger partial charge on any atom is 0.387 e. The predicted molar refractivity (Wildman–Crippen MR) is 82.6 cm³/mol. The van der Waals surface area contributed by atoms with Crippen molar-refractivity contribution in [2.24, 2.45) is 0 Å². The number of nitrogens with zero attached hydrogens (tertiary/aromatic N) is 2. The molecule has 21 heavy (non-hydrogen) atoms. The molecule has 0 radical (unpaired) electrons. The first kappa shape index (κ1) is 15.7. The summed E-state index contributed by atoms with van der Waals surface area (Å²) in [4.78, 5) is 4.43. The summed E-state index contributed by atoms with van der Waals surface area (Å²) in [5, 5.41) is 0.613. The van der Waals surface area contributed by atoms with Crippen LogP contribution in [-0.4, -0.2) is 16.0 Å². The van der Waals surface area contributed by atoms with Crippen LogP contribution in [0.3, 0.4) is 0 Å². The summed E-state index contributed by atoms with van der Waals surface area (Å²) in [5.74, 6) is 0.121. The normalized spacial score (nSPS) is 10.7. The SMILES string of the molecule is Br.FC(F)Oc1ccc(-c2cn3cc(Cl)ccc3n2)cc1. The van der Waals surface area contributed by atoms with E-state index in [4.69, 9.17) is 11.6 Å². The smallest absolute Gasteiger partial charge is 0.387 e. The third kappa shape index (κ3) is 3.51. The third-order valence-corrected chi connectivity index (χ3v) is 3.01. The minimum absolute atomic E-state index is 0. The van der Waals surface area contributed by atoms with Gasteiger partial charge in [-0.3, -0.25) is 0 Å². The van der Waals surface area contributed by atoms with E-state index in [1.54, 1.807) is 34.9 Å². The van der Waals surface area contributed by atoms with Crippen LogP contribution in [0.1, 0.15) is 0 Å². The van der Waals surface area contributed by atoms with Crippen LogP contribution in [0.5, 0.6) is 5.75 Å². The highest BCUT2D eigenvalue weighted by Gasteiger charge is 2.07. The summed E-state index contributed by atoms with van der Waals surface area (Å²) in [6.45, 7) is -2.82. The summed E-state index contributed by atoms with van der Waals surface area (Å²) >= 11 is 5.91. The molecule has 1 aromatic carbocycles. The molecule has 110 valence electrons. The Morgan fingerprint density at radius 2 is 1.76 bits per heavy atom. The van der Waals surface area contributed by atoms with Crippen molar-refractivity contribution in [1.82, 2.24) is 9.38 Å². The molecule has 0 aliphatic heterocycles. The van der Waals surface area contributed by atoms with E-state index in [1.165, 1.54) is 12.1 Å². The van der Waals surface area contributed by atoms with Gasteiger partial charge >= 0.3 is 6.61 Å². The third-order valence-electron chi connectivity index (χ3n) is 2.79.